The Hall–Kier alpha value is -3.31. The number of amides is 3. The topological polar surface area (TPSA) is 100 Å². The molecule has 1 saturated heterocycles. The first-order valence-corrected chi connectivity index (χ1v) is 11.1. The van der Waals surface area contributed by atoms with E-state index in [2.05, 4.69) is 10.6 Å². The number of ether oxygens (including phenoxy) is 2. The van der Waals surface area contributed by atoms with Crippen molar-refractivity contribution in [3.63, 3.8) is 0 Å². The molecule has 1 aliphatic heterocycles. The lowest BCUT2D eigenvalue weighted by molar-refractivity contribution is -0.137. The molecule has 190 valence electrons. The van der Waals surface area contributed by atoms with Crippen LogP contribution in [0.4, 0.5) is 23.7 Å². The van der Waals surface area contributed by atoms with E-state index in [0.717, 1.165) is 12.1 Å². The molecular formula is C24H28F3N3O5. The molecule has 8 nitrogen and oxygen atoms in total. The lowest BCUT2D eigenvalue weighted by Gasteiger charge is -2.27. The van der Waals surface area contributed by atoms with Gasteiger partial charge in [-0.05, 0) is 55.3 Å². The molecule has 35 heavy (non-hydrogen) atoms. The molecule has 2 aromatic carbocycles. The molecule has 2 atom stereocenters. The summed E-state index contributed by atoms with van der Waals surface area (Å²) in [6.45, 7) is 1.08. The number of halogens is 3. The van der Waals surface area contributed by atoms with Crippen LogP contribution in [0.3, 0.4) is 0 Å². The number of methoxy groups -OCH3 is 1. The summed E-state index contributed by atoms with van der Waals surface area (Å²) in [6.07, 6.45) is -4.60. The van der Waals surface area contributed by atoms with Gasteiger partial charge in [0, 0.05) is 31.5 Å². The number of rotatable bonds is 7. The minimum absolute atomic E-state index is 0.00279. The van der Waals surface area contributed by atoms with Crippen molar-refractivity contribution in [2.24, 2.45) is 0 Å². The predicted octanol–water partition coefficient (Wildman–Crippen LogP) is 3.52. The van der Waals surface area contributed by atoms with Gasteiger partial charge in [-0.25, -0.2) is 4.79 Å². The highest BCUT2D eigenvalue weighted by molar-refractivity contribution is 5.94. The first-order chi connectivity index (χ1) is 16.7. The van der Waals surface area contributed by atoms with Gasteiger partial charge in [-0.1, -0.05) is 6.07 Å². The Morgan fingerprint density at radius 1 is 1.14 bits per heavy atom. The average Bonchev–Trinajstić information content (AvgIpc) is 3.00. The molecule has 1 fully saturated rings. The minimum Gasteiger partial charge on any atom is -0.491 e. The maximum atomic E-state index is 13.0. The molecule has 1 aliphatic rings. The molecule has 3 N–H and O–H groups in total. The maximum Gasteiger partial charge on any atom is 0.416 e. The second kappa shape index (κ2) is 11.9. The van der Waals surface area contributed by atoms with Crippen LogP contribution in [0.15, 0.2) is 48.5 Å². The van der Waals surface area contributed by atoms with Gasteiger partial charge in [0.05, 0.1) is 24.3 Å². The normalized spacial score (nSPS) is 18.5. The SMILES string of the molecule is COCCOc1ccc(C(=O)N[C@@H]2CN(C(=O)Nc3cccc(C(F)(F)F)c3)CCC[C@H]2O)cc1. The van der Waals surface area contributed by atoms with Crippen LogP contribution in [-0.2, 0) is 10.9 Å². The molecule has 0 aliphatic carbocycles. The van der Waals surface area contributed by atoms with Gasteiger partial charge >= 0.3 is 12.2 Å². The number of likely N-dealkylation sites (tertiary alicyclic amines) is 1. The van der Waals surface area contributed by atoms with Crippen LogP contribution in [0.5, 0.6) is 5.75 Å². The van der Waals surface area contributed by atoms with E-state index in [9.17, 15) is 27.9 Å². The van der Waals surface area contributed by atoms with Crippen molar-refractivity contribution in [3.8, 4) is 5.75 Å². The van der Waals surface area contributed by atoms with Gasteiger partial charge in [0.1, 0.15) is 12.4 Å². The van der Waals surface area contributed by atoms with E-state index >= 15 is 0 Å². The standard InChI is InChI=1S/C24H28F3N3O5/c1-34-12-13-35-19-9-7-16(8-10-19)22(32)29-20-15-30(11-3-6-21(20)31)23(33)28-18-5-2-4-17(14-18)24(25,26)27/h2,4-5,7-10,14,20-21,31H,3,6,11-13,15H2,1H3,(H,28,33)(H,29,32)/t20-,21-/m1/s1. The zero-order valence-electron chi connectivity index (χ0n) is 19.2. The summed E-state index contributed by atoms with van der Waals surface area (Å²) in [7, 11) is 1.56. The van der Waals surface area contributed by atoms with Crippen LogP contribution < -0.4 is 15.4 Å². The molecule has 0 spiro atoms. The summed E-state index contributed by atoms with van der Waals surface area (Å²) >= 11 is 0. The number of hydrogen-bond donors (Lipinski definition) is 3. The number of aliphatic hydroxyl groups is 1. The molecule has 0 unspecified atom stereocenters. The summed E-state index contributed by atoms with van der Waals surface area (Å²) in [6, 6.07) is 9.42. The number of urea groups is 1. The lowest BCUT2D eigenvalue weighted by atomic mass is 10.1. The molecule has 1 heterocycles. The Morgan fingerprint density at radius 3 is 2.57 bits per heavy atom. The largest absolute Gasteiger partial charge is 0.491 e. The van der Waals surface area contributed by atoms with E-state index in [0.29, 0.717) is 37.4 Å². The number of alkyl halides is 3. The average molecular weight is 495 g/mol. The third-order valence-corrected chi connectivity index (χ3v) is 5.53. The van der Waals surface area contributed by atoms with E-state index in [-0.39, 0.29) is 18.8 Å². The van der Waals surface area contributed by atoms with Gasteiger partial charge in [0.2, 0.25) is 0 Å². The lowest BCUT2D eigenvalue weighted by Crippen LogP contribution is -2.50. The quantitative estimate of drug-likeness (QED) is 0.511. The number of nitrogens with one attached hydrogen (secondary N) is 2. The third-order valence-electron chi connectivity index (χ3n) is 5.53. The molecule has 3 amide bonds. The fraction of sp³-hybridized carbons (Fsp3) is 0.417. The van der Waals surface area contributed by atoms with Crippen molar-refractivity contribution < 1.29 is 37.3 Å². The van der Waals surface area contributed by atoms with Crippen molar-refractivity contribution in [1.82, 2.24) is 10.2 Å². The monoisotopic (exact) mass is 495 g/mol. The van der Waals surface area contributed by atoms with Crippen LogP contribution in [0.1, 0.15) is 28.8 Å². The summed E-state index contributed by atoms with van der Waals surface area (Å²) in [5.41, 5.74) is -0.523. The predicted molar refractivity (Wildman–Crippen MR) is 122 cm³/mol. The molecule has 11 heteroatoms. The molecule has 3 rings (SSSR count). The number of aliphatic hydroxyl groups excluding tert-OH is 1. The molecule has 0 saturated carbocycles. The molecule has 0 aromatic heterocycles. The van der Waals surface area contributed by atoms with Gasteiger partial charge in [-0.3, -0.25) is 4.79 Å². The van der Waals surface area contributed by atoms with Gasteiger partial charge in [-0.15, -0.1) is 0 Å². The van der Waals surface area contributed by atoms with Crippen molar-refractivity contribution in [3.05, 3.63) is 59.7 Å². The van der Waals surface area contributed by atoms with Crippen molar-refractivity contribution in [1.29, 1.82) is 0 Å². The number of hydrogen-bond acceptors (Lipinski definition) is 5. The summed E-state index contributed by atoms with van der Waals surface area (Å²) in [4.78, 5) is 26.9. The van der Waals surface area contributed by atoms with Crippen LogP contribution in [0.2, 0.25) is 0 Å². The van der Waals surface area contributed by atoms with Gasteiger partial charge < -0.3 is 30.1 Å². The van der Waals surface area contributed by atoms with E-state index in [1.54, 1.807) is 31.4 Å². The van der Waals surface area contributed by atoms with E-state index in [1.165, 1.54) is 17.0 Å². The number of carbonyl (C=O) groups is 2. The number of benzene rings is 2. The fourth-order valence-electron chi connectivity index (χ4n) is 3.64. The Balaban J connectivity index is 1.62. The maximum absolute atomic E-state index is 13.0. The number of carbonyl (C=O) groups excluding carboxylic acids is 2. The second-order valence-electron chi connectivity index (χ2n) is 8.11. The Kier molecular flexibility index (Phi) is 8.94. The van der Waals surface area contributed by atoms with E-state index in [1.807, 2.05) is 0 Å². The highest BCUT2D eigenvalue weighted by Crippen LogP contribution is 2.30. The van der Waals surface area contributed by atoms with Crippen molar-refractivity contribution >= 4 is 17.6 Å². The van der Waals surface area contributed by atoms with Crippen molar-refractivity contribution in [2.45, 2.75) is 31.2 Å². The summed E-state index contributed by atoms with van der Waals surface area (Å²) in [5, 5.41) is 15.7. The van der Waals surface area contributed by atoms with Crippen LogP contribution >= 0.6 is 0 Å². The first kappa shape index (κ1) is 26.3. The Bertz CT molecular complexity index is 1000. The molecule has 2 aromatic rings. The van der Waals surface area contributed by atoms with Gasteiger partial charge in [0.25, 0.3) is 5.91 Å². The van der Waals surface area contributed by atoms with Crippen LogP contribution in [-0.4, -0.2) is 67.5 Å². The van der Waals surface area contributed by atoms with Gasteiger partial charge in [-0.2, -0.15) is 13.2 Å². The van der Waals surface area contributed by atoms with Crippen molar-refractivity contribution in [2.75, 3.05) is 38.7 Å². The smallest absolute Gasteiger partial charge is 0.416 e. The zero-order valence-corrected chi connectivity index (χ0v) is 19.2. The summed E-state index contributed by atoms with van der Waals surface area (Å²) < 4.78 is 49.3. The van der Waals surface area contributed by atoms with Gasteiger partial charge in [0.15, 0.2) is 0 Å². The molecule has 0 bridgehead atoms. The van der Waals surface area contributed by atoms with Crippen LogP contribution in [0, 0.1) is 0 Å². The zero-order chi connectivity index (χ0) is 25.4. The highest BCUT2D eigenvalue weighted by Gasteiger charge is 2.32. The third kappa shape index (κ3) is 7.59. The van der Waals surface area contributed by atoms with Crippen LogP contribution in [0.25, 0.3) is 0 Å². The minimum atomic E-state index is -4.53. The molecule has 0 radical (unpaired) electrons. The first-order valence-electron chi connectivity index (χ1n) is 11.1. The summed E-state index contributed by atoms with van der Waals surface area (Å²) in [5.74, 6) is 0.142. The fourth-order valence-corrected chi connectivity index (χ4v) is 3.64. The number of anilines is 1. The Labute approximate surface area is 201 Å². The Morgan fingerprint density at radius 2 is 1.89 bits per heavy atom. The number of nitrogens with zero attached hydrogens (tertiary/aromatic N) is 1. The van der Waals surface area contributed by atoms with E-state index < -0.39 is 35.8 Å². The van der Waals surface area contributed by atoms with E-state index in [4.69, 9.17) is 9.47 Å². The second-order valence-corrected chi connectivity index (χ2v) is 8.11. The molecular weight excluding hydrogens is 467 g/mol. The highest BCUT2D eigenvalue weighted by atomic mass is 19.4.